The molecule has 92 valence electrons. The number of aliphatic hydroxyl groups is 1. The molecular weight excluding hydrogens is 246 g/mol. The predicted octanol–water partition coefficient (Wildman–Crippen LogP) is 1.43. The third-order valence-corrected chi connectivity index (χ3v) is 4.98. The summed E-state index contributed by atoms with van der Waals surface area (Å²) in [5.41, 5.74) is 0. The lowest BCUT2D eigenvalue weighted by Gasteiger charge is -2.17. The molecule has 2 N–H and O–H groups in total. The Kier molecular flexibility index (Phi) is 4.91. The second-order valence-corrected chi connectivity index (χ2v) is 6.95. The Hall–Kier alpha value is -0.430. The highest BCUT2D eigenvalue weighted by Gasteiger charge is 2.20. The lowest BCUT2D eigenvalue weighted by atomic mass is 10.1. The van der Waals surface area contributed by atoms with Crippen LogP contribution in [0.25, 0.3) is 0 Å². The van der Waals surface area contributed by atoms with Gasteiger partial charge in [0.05, 0.1) is 6.61 Å². The quantitative estimate of drug-likeness (QED) is 0.816. The van der Waals surface area contributed by atoms with Crippen LogP contribution in [0.15, 0.2) is 21.7 Å². The molecule has 0 aliphatic carbocycles. The van der Waals surface area contributed by atoms with Crippen LogP contribution >= 0.6 is 11.3 Å². The van der Waals surface area contributed by atoms with Crippen LogP contribution in [0.3, 0.4) is 0 Å². The standard InChI is InChI=1S/C10H17NO3S2/c1-8(2)6-9(7-12)11-16(13,14)10-4-3-5-15-10/h3-5,8-9,11-12H,6-7H2,1-2H3. The average molecular weight is 263 g/mol. The molecule has 0 bridgehead atoms. The zero-order valence-corrected chi connectivity index (χ0v) is 11.0. The molecule has 1 aromatic rings. The molecule has 1 atom stereocenters. The van der Waals surface area contributed by atoms with Gasteiger partial charge in [0.25, 0.3) is 0 Å². The Labute approximate surface area is 100 Å². The number of thiophene rings is 1. The maximum Gasteiger partial charge on any atom is 0.250 e. The molecule has 0 spiro atoms. The van der Waals surface area contributed by atoms with Crippen molar-refractivity contribution >= 4 is 21.4 Å². The minimum atomic E-state index is -3.47. The molecular formula is C10H17NO3S2. The summed E-state index contributed by atoms with van der Waals surface area (Å²) in [4.78, 5) is 0. The molecule has 0 fully saturated rings. The van der Waals surface area contributed by atoms with E-state index in [4.69, 9.17) is 5.11 Å². The highest BCUT2D eigenvalue weighted by molar-refractivity contribution is 7.91. The van der Waals surface area contributed by atoms with E-state index < -0.39 is 16.1 Å². The zero-order chi connectivity index (χ0) is 12.2. The van der Waals surface area contributed by atoms with Gasteiger partial charge >= 0.3 is 0 Å². The van der Waals surface area contributed by atoms with Crippen molar-refractivity contribution in [3.05, 3.63) is 17.5 Å². The molecule has 1 unspecified atom stereocenters. The SMILES string of the molecule is CC(C)CC(CO)NS(=O)(=O)c1cccs1. The Balaban J connectivity index is 2.71. The molecule has 1 aromatic heterocycles. The van der Waals surface area contributed by atoms with Gasteiger partial charge in [-0.3, -0.25) is 0 Å². The van der Waals surface area contributed by atoms with Crippen LogP contribution in [0.2, 0.25) is 0 Å². The van der Waals surface area contributed by atoms with Gasteiger partial charge in [0, 0.05) is 6.04 Å². The second-order valence-electron chi connectivity index (χ2n) is 4.06. The topological polar surface area (TPSA) is 66.4 Å². The van der Waals surface area contributed by atoms with E-state index >= 15 is 0 Å². The maximum atomic E-state index is 11.8. The number of rotatable bonds is 6. The fraction of sp³-hybridized carbons (Fsp3) is 0.600. The van der Waals surface area contributed by atoms with Gasteiger partial charge in [-0.2, -0.15) is 0 Å². The lowest BCUT2D eigenvalue weighted by Crippen LogP contribution is -2.38. The first-order chi connectivity index (χ1) is 7.45. The van der Waals surface area contributed by atoms with Gasteiger partial charge in [-0.05, 0) is 23.8 Å². The van der Waals surface area contributed by atoms with Crippen LogP contribution in [0, 0.1) is 5.92 Å². The van der Waals surface area contributed by atoms with Gasteiger partial charge in [-0.1, -0.05) is 19.9 Å². The molecule has 0 radical (unpaired) electrons. The summed E-state index contributed by atoms with van der Waals surface area (Å²) < 4.78 is 26.5. The van der Waals surface area contributed by atoms with E-state index in [1.54, 1.807) is 17.5 Å². The van der Waals surface area contributed by atoms with Crippen molar-refractivity contribution in [3.8, 4) is 0 Å². The molecule has 1 rings (SSSR count). The minimum Gasteiger partial charge on any atom is -0.395 e. The van der Waals surface area contributed by atoms with E-state index in [2.05, 4.69) is 4.72 Å². The zero-order valence-electron chi connectivity index (χ0n) is 9.38. The third kappa shape index (κ3) is 3.86. The summed E-state index contributed by atoms with van der Waals surface area (Å²) >= 11 is 1.17. The van der Waals surface area contributed by atoms with E-state index in [0.29, 0.717) is 12.3 Å². The Bertz CT molecular complexity index is 398. The summed E-state index contributed by atoms with van der Waals surface area (Å²) in [7, 11) is -3.47. The number of nitrogens with one attached hydrogen (secondary N) is 1. The second kappa shape index (κ2) is 5.77. The Morgan fingerprint density at radius 2 is 2.19 bits per heavy atom. The monoisotopic (exact) mass is 263 g/mol. The van der Waals surface area contributed by atoms with Gasteiger partial charge in [0.1, 0.15) is 4.21 Å². The molecule has 0 aliphatic heterocycles. The van der Waals surface area contributed by atoms with Gasteiger partial charge in [0.2, 0.25) is 10.0 Å². The van der Waals surface area contributed by atoms with Crippen molar-refractivity contribution in [1.82, 2.24) is 4.72 Å². The van der Waals surface area contributed by atoms with E-state index in [-0.39, 0.29) is 10.8 Å². The largest absolute Gasteiger partial charge is 0.395 e. The molecule has 0 amide bonds. The molecule has 0 aliphatic rings. The van der Waals surface area contributed by atoms with Crippen LogP contribution in [0.4, 0.5) is 0 Å². The number of aliphatic hydroxyl groups excluding tert-OH is 1. The molecule has 1 heterocycles. The highest BCUT2D eigenvalue weighted by Crippen LogP contribution is 2.16. The van der Waals surface area contributed by atoms with Gasteiger partial charge in [-0.15, -0.1) is 11.3 Å². The van der Waals surface area contributed by atoms with Crippen LogP contribution in [0.5, 0.6) is 0 Å². The molecule has 4 nitrogen and oxygen atoms in total. The van der Waals surface area contributed by atoms with E-state index in [0.717, 1.165) is 0 Å². The molecule has 0 saturated carbocycles. The van der Waals surface area contributed by atoms with Crippen LogP contribution in [0.1, 0.15) is 20.3 Å². The smallest absolute Gasteiger partial charge is 0.250 e. The number of hydrogen-bond donors (Lipinski definition) is 2. The summed E-state index contributed by atoms with van der Waals surface area (Å²) in [5, 5.41) is 10.8. The van der Waals surface area contributed by atoms with Gasteiger partial charge in [0.15, 0.2) is 0 Å². The van der Waals surface area contributed by atoms with Crippen LogP contribution in [-0.2, 0) is 10.0 Å². The van der Waals surface area contributed by atoms with Crippen molar-refractivity contribution in [2.75, 3.05) is 6.61 Å². The first-order valence-corrected chi connectivity index (χ1v) is 7.48. The summed E-state index contributed by atoms with van der Waals surface area (Å²) in [6.07, 6.45) is 0.626. The highest BCUT2D eigenvalue weighted by atomic mass is 32.2. The molecule has 16 heavy (non-hydrogen) atoms. The van der Waals surface area contributed by atoms with Crippen molar-refractivity contribution in [2.24, 2.45) is 5.92 Å². The first-order valence-electron chi connectivity index (χ1n) is 5.12. The molecule has 0 aromatic carbocycles. The Morgan fingerprint density at radius 3 is 2.62 bits per heavy atom. The third-order valence-electron chi connectivity index (χ3n) is 2.06. The number of sulfonamides is 1. The molecule has 6 heteroatoms. The van der Waals surface area contributed by atoms with Gasteiger partial charge < -0.3 is 5.11 Å². The Morgan fingerprint density at radius 1 is 1.50 bits per heavy atom. The van der Waals surface area contributed by atoms with E-state index in [9.17, 15) is 8.42 Å². The molecule has 0 saturated heterocycles. The number of hydrogen-bond acceptors (Lipinski definition) is 4. The summed E-state index contributed by atoms with van der Waals surface area (Å²) in [6, 6.07) is 2.83. The minimum absolute atomic E-state index is 0.178. The first kappa shape index (κ1) is 13.6. The van der Waals surface area contributed by atoms with Crippen LogP contribution < -0.4 is 4.72 Å². The normalized spacial score (nSPS) is 14.2. The van der Waals surface area contributed by atoms with E-state index in [1.165, 1.54) is 11.3 Å². The summed E-state index contributed by atoms with van der Waals surface area (Å²) in [6.45, 7) is 3.80. The van der Waals surface area contributed by atoms with E-state index in [1.807, 2.05) is 13.8 Å². The summed E-state index contributed by atoms with van der Waals surface area (Å²) in [5.74, 6) is 0.336. The fourth-order valence-electron chi connectivity index (χ4n) is 1.42. The van der Waals surface area contributed by atoms with Crippen molar-refractivity contribution in [1.29, 1.82) is 0 Å². The maximum absolute atomic E-state index is 11.8. The average Bonchev–Trinajstić information content (AvgIpc) is 2.68. The predicted molar refractivity (Wildman–Crippen MR) is 65.0 cm³/mol. The van der Waals surface area contributed by atoms with Crippen molar-refractivity contribution in [3.63, 3.8) is 0 Å². The van der Waals surface area contributed by atoms with Crippen molar-refractivity contribution in [2.45, 2.75) is 30.5 Å². The van der Waals surface area contributed by atoms with Crippen LogP contribution in [-0.4, -0.2) is 26.2 Å². The fourth-order valence-corrected chi connectivity index (χ4v) is 3.67. The van der Waals surface area contributed by atoms with Gasteiger partial charge in [-0.25, -0.2) is 13.1 Å². The van der Waals surface area contributed by atoms with Crippen molar-refractivity contribution < 1.29 is 13.5 Å². The lowest BCUT2D eigenvalue weighted by molar-refractivity contribution is 0.240.